The lowest BCUT2D eigenvalue weighted by Gasteiger charge is -2.21. The van der Waals surface area contributed by atoms with Crippen LogP contribution < -0.4 is 5.73 Å². The zero-order valence-electron chi connectivity index (χ0n) is 7.96. The first-order valence-electron chi connectivity index (χ1n) is 4.09. The van der Waals surface area contributed by atoms with Crippen LogP contribution in [0.1, 0.15) is 11.7 Å². The molecule has 16 heavy (non-hydrogen) atoms. The highest BCUT2D eigenvalue weighted by Gasteiger charge is 2.39. The minimum atomic E-state index is -3.56. The third kappa shape index (κ3) is 3.25. The van der Waals surface area contributed by atoms with E-state index in [0.29, 0.717) is 0 Å². The fourth-order valence-corrected chi connectivity index (χ4v) is 1.22. The molecule has 1 atom stereocenters. The van der Waals surface area contributed by atoms with Crippen LogP contribution in [0, 0.1) is 5.82 Å². The molecule has 2 nitrogen and oxygen atoms in total. The lowest BCUT2D eigenvalue weighted by Crippen LogP contribution is -2.35. The standard InChI is InChI=1S/C9H9ClF3NO.ClH/c10-5-1-2-6(7(11)3-5)8(15)9(12,13)4-14;/h1-3,8,15H,4,14H2;1H. The Hall–Kier alpha value is -0.490. The summed E-state index contributed by atoms with van der Waals surface area (Å²) in [4.78, 5) is 0. The molecule has 0 bridgehead atoms. The maximum absolute atomic E-state index is 13.1. The third-order valence-corrected chi connectivity index (χ3v) is 2.16. The average Bonchev–Trinajstić information content (AvgIpc) is 2.17. The van der Waals surface area contributed by atoms with E-state index in [1.165, 1.54) is 6.07 Å². The van der Waals surface area contributed by atoms with E-state index in [0.717, 1.165) is 12.1 Å². The molecule has 1 aromatic rings. The van der Waals surface area contributed by atoms with Gasteiger partial charge in [0, 0.05) is 10.6 Å². The molecule has 0 saturated carbocycles. The van der Waals surface area contributed by atoms with Crippen LogP contribution in [0.25, 0.3) is 0 Å². The van der Waals surface area contributed by atoms with Gasteiger partial charge in [0.25, 0.3) is 5.92 Å². The van der Waals surface area contributed by atoms with E-state index < -0.39 is 30.0 Å². The second kappa shape index (κ2) is 5.72. The van der Waals surface area contributed by atoms with Crippen molar-refractivity contribution in [1.82, 2.24) is 0 Å². The fraction of sp³-hybridized carbons (Fsp3) is 0.333. The van der Waals surface area contributed by atoms with Crippen molar-refractivity contribution in [2.75, 3.05) is 6.54 Å². The molecule has 0 spiro atoms. The first-order chi connectivity index (χ1) is 6.88. The summed E-state index contributed by atoms with van der Waals surface area (Å²) in [5.41, 5.74) is 4.25. The molecule has 1 unspecified atom stereocenters. The molecule has 3 N–H and O–H groups in total. The Bertz CT molecular complexity index is 363. The molecule has 0 aromatic heterocycles. The Morgan fingerprint density at radius 3 is 2.44 bits per heavy atom. The summed E-state index contributed by atoms with van der Waals surface area (Å²) in [6, 6.07) is 3.08. The highest BCUT2D eigenvalue weighted by Crippen LogP contribution is 2.32. The van der Waals surface area contributed by atoms with Gasteiger partial charge >= 0.3 is 0 Å². The topological polar surface area (TPSA) is 46.2 Å². The summed E-state index contributed by atoms with van der Waals surface area (Å²) in [7, 11) is 0. The minimum absolute atomic E-state index is 0. The highest BCUT2D eigenvalue weighted by molar-refractivity contribution is 6.30. The molecule has 0 amide bonds. The molecular formula is C9H10Cl2F3NO. The Morgan fingerprint density at radius 1 is 1.44 bits per heavy atom. The monoisotopic (exact) mass is 275 g/mol. The molecule has 0 aliphatic carbocycles. The van der Waals surface area contributed by atoms with Crippen LogP contribution in [-0.2, 0) is 0 Å². The summed E-state index contributed by atoms with van der Waals surface area (Å²) in [5, 5.41) is 9.28. The van der Waals surface area contributed by atoms with Gasteiger partial charge in [-0.05, 0) is 12.1 Å². The molecule has 92 valence electrons. The van der Waals surface area contributed by atoms with Crippen molar-refractivity contribution in [1.29, 1.82) is 0 Å². The summed E-state index contributed by atoms with van der Waals surface area (Å²) >= 11 is 5.44. The predicted molar refractivity (Wildman–Crippen MR) is 57.6 cm³/mol. The number of halogens is 5. The van der Waals surface area contributed by atoms with Crippen molar-refractivity contribution in [3.05, 3.63) is 34.6 Å². The second-order valence-corrected chi connectivity index (χ2v) is 3.47. The van der Waals surface area contributed by atoms with Crippen molar-refractivity contribution in [3.8, 4) is 0 Å². The van der Waals surface area contributed by atoms with Crippen LogP contribution in [0.2, 0.25) is 5.02 Å². The normalized spacial score (nSPS) is 13.1. The lowest BCUT2D eigenvalue weighted by atomic mass is 10.0. The van der Waals surface area contributed by atoms with Crippen LogP contribution in [-0.4, -0.2) is 17.6 Å². The molecule has 0 saturated heterocycles. The van der Waals surface area contributed by atoms with Crippen LogP contribution in [0.4, 0.5) is 13.2 Å². The number of aliphatic hydroxyl groups is 1. The summed E-state index contributed by atoms with van der Waals surface area (Å²) in [6.45, 7) is -1.06. The number of nitrogens with two attached hydrogens (primary N) is 1. The van der Waals surface area contributed by atoms with Gasteiger partial charge in [-0.3, -0.25) is 0 Å². The van der Waals surface area contributed by atoms with Crippen molar-refractivity contribution in [3.63, 3.8) is 0 Å². The van der Waals surface area contributed by atoms with E-state index in [1.54, 1.807) is 0 Å². The molecule has 7 heteroatoms. The van der Waals surface area contributed by atoms with E-state index in [1.807, 2.05) is 0 Å². The van der Waals surface area contributed by atoms with E-state index in [9.17, 15) is 18.3 Å². The van der Waals surface area contributed by atoms with E-state index >= 15 is 0 Å². The third-order valence-electron chi connectivity index (χ3n) is 1.93. The number of aliphatic hydroxyl groups excluding tert-OH is 1. The Balaban J connectivity index is 0.00000225. The summed E-state index contributed by atoms with van der Waals surface area (Å²) in [6.07, 6.45) is -2.26. The molecule has 0 heterocycles. The molecule has 0 aliphatic rings. The Morgan fingerprint density at radius 2 is 2.00 bits per heavy atom. The Kier molecular flexibility index (Phi) is 5.55. The highest BCUT2D eigenvalue weighted by atomic mass is 35.5. The van der Waals surface area contributed by atoms with Gasteiger partial charge in [-0.1, -0.05) is 17.7 Å². The van der Waals surface area contributed by atoms with Gasteiger partial charge in [0.15, 0.2) is 0 Å². The zero-order valence-corrected chi connectivity index (χ0v) is 9.53. The quantitative estimate of drug-likeness (QED) is 0.891. The van der Waals surface area contributed by atoms with Gasteiger partial charge < -0.3 is 10.8 Å². The van der Waals surface area contributed by atoms with Crippen molar-refractivity contribution in [2.45, 2.75) is 12.0 Å². The second-order valence-electron chi connectivity index (χ2n) is 3.03. The van der Waals surface area contributed by atoms with E-state index in [2.05, 4.69) is 0 Å². The van der Waals surface area contributed by atoms with Gasteiger partial charge in [-0.2, -0.15) is 0 Å². The zero-order chi connectivity index (χ0) is 11.6. The first-order valence-corrected chi connectivity index (χ1v) is 4.47. The van der Waals surface area contributed by atoms with Gasteiger partial charge in [-0.15, -0.1) is 12.4 Å². The van der Waals surface area contributed by atoms with E-state index in [4.69, 9.17) is 17.3 Å². The summed E-state index contributed by atoms with van der Waals surface area (Å²) in [5.74, 6) is -4.54. The Labute approximate surface area is 102 Å². The average molecular weight is 276 g/mol. The number of benzene rings is 1. The molecule has 0 radical (unpaired) electrons. The molecule has 1 rings (SSSR count). The summed E-state index contributed by atoms with van der Waals surface area (Å²) < 4.78 is 39.0. The maximum Gasteiger partial charge on any atom is 0.289 e. The minimum Gasteiger partial charge on any atom is -0.382 e. The first kappa shape index (κ1) is 15.5. The smallest absolute Gasteiger partial charge is 0.289 e. The number of alkyl halides is 2. The fourth-order valence-electron chi connectivity index (χ4n) is 1.06. The lowest BCUT2D eigenvalue weighted by molar-refractivity contribution is -0.104. The predicted octanol–water partition coefficient (Wildman–Crippen LogP) is 2.53. The van der Waals surface area contributed by atoms with Crippen LogP contribution in [0.5, 0.6) is 0 Å². The maximum atomic E-state index is 13.1. The molecular weight excluding hydrogens is 266 g/mol. The molecule has 0 aliphatic heterocycles. The van der Waals surface area contributed by atoms with Crippen molar-refractivity contribution >= 4 is 24.0 Å². The van der Waals surface area contributed by atoms with Crippen molar-refractivity contribution < 1.29 is 18.3 Å². The number of hydrogen-bond acceptors (Lipinski definition) is 2. The number of rotatable bonds is 3. The van der Waals surface area contributed by atoms with Crippen LogP contribution in [0.3, 0.4) is 0 Å². The number of hydrogen-bond donors (Lipinski definition) is 2. The SMILES string of the molecule is Cl.NCC(F)(F)C(O)c1ccc(Cl)cc1F. The van der Waals surface area contributed by atoms with Gasteiger partial charge in [-0.25, -0.2) is 13.2 Å². The van der Waals surface area contributed by atoms with E-state index in [-0.39, 0.29) is 17.4 Å². The van der Waals surface area contributed by atoms with Gasteiger partial charge in [0.1, 0.15) is 11.9 Å². The van der Waals surface area contributed by atoms with Gasteiger partial charge in [0.2, 0.25) is 0 Å². The van der Waals surface area contributed by atoms with Crippen LogP contribution in [0.15, 0.2) is 18.2 Å². The molecule has 0 fully saturated rings. The van der Waals surface area contributed by atoms with Gasteiger partial charge in [0.05, 0.1) is 6.54 Å². The largest absolute Gasteiger partial charge is 0.382 e. The van der Waals surface area contributed by atoms with Crippen molar-refractivity contribution in [2.24, 2.45) is 5.73 Å². The molecule has 1 aromatic carbocycles. The van der Waals surface area contributed by atoms with Crippen LogP contribution >= 0.6 is 24.0 Å².